The Morgan fingerprint density at radius 2 is 2.21 bits per heavy atom. The fraction of sp³-hybridized carbons (Fsp3) is 0.444. The van der Waals surface area contributed by atoms with Crippen LogP contribution in [0.5, 0.6) is 5.75 Å². The number of nitrogens with zero attached hydrogens (tertiary/aromatic N) is 3. The molecule has 24 heavy (non-hydrogen) atoms. The first-order valence-electron chi connectivity index (χ1n) is 8.24. The number of hydrogen-bond donors (Lipinski definition) is 0. The summed E-state index contributed by atoms with van der Waals surface area (Å²) in [6, 6.07) is 9.53. The number of methoxy groups -OCH3 is 1. The lowest BCUT2D eigenvalue weighted by molar-refractivity contribution is -0.131. The average Bonchev–Trinajstić information content (AvgIpc) is 2.99. The summed E-state index contributed by atoms with van der Waals surface area (Å²) in [6.45, 7) is 2.69. The fourth-order valence-corrected chi connectivity index (χ4v) is 2.88. The number of carbonyl (C=O) groups is 1. The molecule has 1 fully saturated rings. The molecule has 0 bridgehead atoms. The molecule has 6 nitrogen and oxygen atoms in total. The lowest BCUT2D eigenvalue weighted by Crippen LogP contribution is -2.39. The summed E-state index contributed by atoms with van der Waals surface area (Å²) in [5.74, 6) is 0.935. The van der Waals surface area contributed by atoms with Crippen molar-refractivity contribution in [3.05, 3.63) is 48.3 Å². The SMILES string of the molecule is COc1ccc(CC(=O)N2CCCO[C@H](Cn3cccn3)C2)cc1. The molecule has 0 N–H and O–H groups in total. The molecule has 2 heterocycles. The average molecular weight is 329 g/mol. The number of hydrogen-bond acceptors (Lipinski definition) is 4. The predicted octanol–water partition coefficient (Wildman–Crippen LogP) is 1.75. The Morgan fingerprint density at radius 1 is 1.38 bits per heavy atom. The van der Waals surface area contributed by atoms with Gasteiger partial charge in [0, 0.05) is 32.1 Å². The van der Waals surface area contributed by atoms with Crippen LogP contribution in [-0.4, -0.2) is 53.5 Å². The summed E-state index contributed by atoms with van der Waals surface area (Å²) in [5, 5.41) is 4.22. The smallest absolute Gasteiger partial charge is 0.227 e. The topological polar surface area (TPSA) is 56.6 Å². The number of amides is 1. The van der Waals surface area contributed by atoms with Crippen molar-refractivity contribution in [3.8, 4) is 5.75 Å². The Bertz CT molecular complexity index is 640. The zero-order chi connectivity index (χ0) is 16.8. The van der Waals surface area contributed by atoms with Gasteiger partial charge in [0.15, 0.2) is 0 Å². The van der Waals surface area contributed by atoms with E-state index in [1.165, 1.54) is 0 Å². The van der Waals surface area contributed by atoms with Crippen molar-refractivity contribution in [2.45, 2.75) is 25.5 Å². The van der Waals surface area contributed by atoms with Crippen LogP contribution in [0.4, 0.5) is 0 Å². The zero-order valence-electron chi connectivity index (χ0n) is 13.9. The first kappa shape index (κ1) is 16.5. The molecule has 1 aliphatic rings. The van der Waals surface area contributed by atoms with E-state index in [1.54, 1.807) is 13.3 Å². The van der Waals surface area contributed by atoms with Crippen LogP contribution in [0.15, 0.2) is 42.7 Å². The number of rotatable bonds is 5. The summed E-state index contributed by atoms with van der Waals surface area (Å²) in [4.78, 5) is 14.5. The van der Waals surface area contributed by atoms with Gasteiger partial charge in [0.05, 0.1) is 26.2 Å². The van der Waals surface area contributed by atoms with E-state index in [1.807, 2.05) is 46.1 Å². The van der Waals surface area contributed by atoms with E-state index >= 15 is 0 Å². The molecule has 0 unspecified atom stereocenters. The minimum absolute atomic E-state index is 0.0211. The van der Waals surface area contributed by atoms with E-state index in [2.05, 4.69) is 5.10 Å². The third kappa shape index (κ3) is 4.35. The molecular weight excluding hydrogens is 306 g/mol. The van der Waals surface area contributed by atoms with Crippen molar-refractivity contribution in [2.75, 3.05) is 26.8 Å². The maximum absolute atomic E-state index is 12.6. The Kier molecular flexibility index (Phi) is 5.48. The van der Waals surface area contributed by atoms with Crippen molar-refractivity contribution in [1.82, 2.24) is 14.7 Å². The van der Waals surface area contributed by atoms with E-state index in [4.69, 9.17) is 9.47 Å². The summed E-state index contributed by atoms with van der Waals surface area (Å²) in [5.41, 5.74) is 0.995. The molecule has 128 valence electrons. The summed E-state index contributed by atoms with van der Waals surface area (Å²) < 4.78 is 12.9. The first-order chi connectivity index (χ1) is 11.7. The Morgan fingerprint density at radius 3 is 2.92 bits per heavy atom. The van der Waals surface area contributed by atoms with Crippen LogP contribution in [0.25, 0.3) is 0 Å². The molecule has 0 radical (unpaired) electrons. The zero-order valence-corrected chi connectivity index (χ0v) is 13.9. The Hall–Kier alpha value is -2.34. The van der Waals surface area contributed by atoms with Crippen LogP contribution in [0.2, 0.25) is 0 Å². The number of carbonyl (C=O) groups excluding carboxylic acids is 1. The second-order valence-electron chi connectivity index (χ2n) is 5.94. The maximum Gasteiger partial charge on any atom is 0.227 e. The highest BCUT2D eigenvalue weighted by Gasteiger charge is 2.23. The lowest BCUT2D eigenvalue weighted by Gasteiger charge is -2.24. The highest BCUT2D eigenvalue weighted by molar-refractivity contribution is 5.78. The first-order valence-corrected chi connectivity index (χ1v) is 8.24. The Labute approximate surface area is 142 Å². The molecule has 0 aliphatic carbocycles. The second-order valence-corrected chi connectivity index (χ2v) is 5.94. The third-order valence-corrected chi connectivity index (χ3v) is 4.17. The van der Waals surface area contributed by atoms with Gasteiger partial charge in [0.2, 0.25) is 5.91 Å². The van der Waals surface area contributed by atoms with Crippen LogP contribution in [0.1, 0.15) is 12.0 Å². The predicted molar refractivity (Wildman–Crippen MR) is 89.9 cm³/mol. The number of aromatic nitrogens is 2. The van der Waals surface area contributed by atoms with E-state index in [0.29, 0.717) is 26.1 Å². The van der Waals surface area contributed by atoms with E-state index in [9.17, 15) is 4.79 Å². The molecule has 3 rings (SSSR count). The molecule has 6 heteroatoms. The summed E-state index contributed by atoms with van der Waals surface area (Å²) in [7, 11) is 1.64. The van der Waals surface area contributed by atoms with E-state index in [-0.39, 0.29) is 12.0 Å². The van der Waals surface area contributed by atoms with Crippen molar-refractivity contribution in [1.29, 1.82) is 0 Å². The normalized spacial score (nSPS) is 18.2. The molecule has 2 aromatic rings. The van der Waals surface area contributed by atoms with Crippen LogP contribution >= 0.6 is 0 Å². The lowest BCUT2D eigenvalue weighted by atomic mass is 10.1. The molecule has 0 saturated carbocycles. The highest BCUT2D eigenvalue weighted by atomic mass is 16.5. The molecule has 1 atom stereocenters. The molecule has 0 spiro atoms. The minimum Gasteiger partial charge on any atom is -0.497 e. The van der Waals surface area contributed by atoms with Gasteiger partial charge in [-0.25, -0.2) is 0 Å². The molecular formula is C18H23N3O3. The minimum atomic E-state index is -0.0211. The van der Waals surface area contributed by atoms with Gasteiger partial charge in [-0.1, -0.05) is 12.1 Å². The van der Waals surface area contributed by atoms with Crippen LogP contribution in [0.3, 0.4) is 0 Å². The molecule has 1 saturated heterocycles. The number of ether oxygens (including phenoxy) is 2. The van der Waals surface area contributed by atoms with E-state index in [0.717, 1.165) is 24.3 Å². The van der Waals surface area contributed by atoms with Crippen molar-refractivity contribution in [2.24, 2.45) is 0 Å². The van der Waals surface area contributed by atoms with Gasteiger partial charge >= 0.3 is 0 Å². The maximum atomic E-state index is 12.6. The van der Waals surface area contributed by atoms with Gasteiger partial charge in [-0.2, -0.15) is 5.10 Å². The van der Waals surface area contributed by atoms with Crippen LogP contribution < -0.4 is 4.74 Å². The van der Waals surface area contributed by atoms with Crippen molar-refractivity contribution >= 4 is 5.91 Å². The van der Waals surface area contributed by atoms with Crippen molar-refractivity contribution in [3.63, 3.8) is 0 Å². The van der Waals surface area contributed by atoms with Crippen LogP contribution in [0, 0.1) is 0 Å². The number of benzene rings is 1. The summed E-state index contributed by atoms with van der Waals surface area (Å²) >= 11 is 0. The van der Waals surface area contributed by atoms with Gasteiger partial charge in [-0.05, 0) is 30.2 Å². The third-order valence-electron chi connectivity index (χ3n) is 4.17. The Balaban J connectivity index is 1.59. The summed E-state index contributed by atoms with van der Waals surface area (Å²) in [6.07, 6.45) is 4.91. The quantitative estimate of drug-likeness (QED) is 0.839. The monoisotopic (exact) mass is 329 g/mol. The molecule has 1 aromatic carbocycles. The van der Waals surface area contributed by atoms with Gasteiger partial charge in [-0.3, -0.25) is 9.48 Å². The second kappa shape index (κ2) is 7.97. The largest absolute Gasteiger partial charge is 0.497 e. The van der Waals surface area contributed by atoms with Gasteiger partial charge in [-0.15, -0.1) is 0 Å². The van der Waals surface area contributed by atoms with E-state index < -0.39 is 0 Å². The molecule has 1 aromatic heterocycles. The van der Waals surface area contributed by atoms with Gasteiger partial charge < -0.3 is 14.4 Å². The molecule has 1 amide bonds. The van der Waals surface area contributed by atoms with Crippen molar-refractivity contribution < 1.29 is 14.3 Å². The highest BCUT2D eigenvalue weighted by Crippen LogP contribution is 2.14. The van der Waals surface area contributed by atoms with Gasteiger partial charge in [0.25, 0.3) is 0 Å². The standard InChI is InChI=1S/C18H23N3O3/c1-23-16-6-4-15(5-7-16)12-18(22)20-9-3-11-24-17(13-20)14-21-10-2-8-19-21/h2,4-8,10,17H,3,9,11-14H2,1H3/t17-/m0/s1. The molecule has 1 aliphatic heterocycles. The van der Waals surface area contributed by atoms with Crippen LogP contribution in [-0.2, 0) is 22.5 Å². The van der Waals surface area contributed by atoms with Gasteiger partial charge in [0.1, 0.15) is 5.75 Å². The fourth-order valence-electron chi connectivity index (χ4n) is 2.88.